The highest BCUT2D eigenvalue weighted by molar-refractivity contribution is 5.08. The second kappa shape index (κ2) is 5.75. The zero-order valence-corrected chi connectivity index (χ0v) is 14.9. The Bertz CT molecular complexity index is 383. The molecule has 4 rings (SSSR count). The van der Waals surface area contributed by atoms with E-state index in [1.165, 1.54) is 71.6 Å². The predicted octanol–water partition coefficient (Wildman–Crippen LogP) is 2.24. The van der Waals surface area contributed by atoms with Crippen LogP contribution in [0.2, 0.25) is 0 Å². The summed E-state index contributed by atoms with van der Waals surface area (Å²) in [7, 11) is 2.26. The number of hydrogen-bond acceptors (Lipinski definition) is 3. The minimum absolute atomic E-state index is 0.734. The molecule has 0 bridgehead atoms. The third-order valence-corrected chi connectivity index (χ3v) is 6.87. The molecule has 4 aliphatic rings. The summed E-state index contributed by atoms with van der Waals surface area (Å²) < 4.78 is 0. The van der Waals surface area contributed by atoms with Gasteiger partial charge in [0.2, 0.25) is 0 Å². The van der Waals surface area contributed by atoms with E-state index >= 15 is 0 Å². The Morgan fingerprint density at radius 3 is 2.14 bits per heavy atom. The monoisotopic (exact) mass is 305 g/mol. The third kappa shape index (κ3) is 3.22. The van der Waals surface area contributed by atoms with Gasteiger partial charge in [0.25, 0.3) is 0 Å². The minimum atomic E-state index is 0.734. The van der Waals surface area contributed by atoms with Crippen LogP contribution in [0.1, 0.15) is 33.1 Å². The largest absolute Gasteiger partial charge is 0.304 e. The van der Waals surface area contributed by atoms with E-state index in [0.29, 0.717) is 0 Å². The lowest BCUT2D eigenvalue weighted by atomic mass is 9.93. The van der Waals surface area contributed by atoms with Crippen LogP contribution in [-0.4, -0.2) is 74.1 Å². The zero-order chi connectivity index (χ0) is 15.3. The lowest BCUT2D eigenvalue weighted by Gasteiger charge is -2.33. The summed E-state index contributed by atoms with van der Waals surface area (Å²) in [5, 5.41) is 0. The highest BCUT2D eigenvalue weighted by Gasteiger charge is 2.57. The SMILES string of the molecule is CC(C)CC1(CN2CC3C(CN4CCN(C)CC4)C3C2)CC1. The van der Waals surface area contributed by atoms with E-state index in [0.717, 1.165) is 29.1 Å². The Kier molecular flexibility index (Phi) is 4.03. The molecule has 0 aromatic carbocycles. The molecular weight excluding hydrogens is 270 g/mol. The number of likely N-dealkylation sites (N-methyl/N-ethyl adjacent to an activating group) is 1. The van der Waals surface area contributed by atoms with Crippen molar-refractivity contribution in [3.05, 3.63) is 0 Å². The molecular formula is C19H35N3. The summed E-state index contributed by atoms with van der Waals surface area (Å²) in [4.78, 5) is 8.02. The number of piperazine rings is 1. The van der Waals surface area contributed by atoms with Crippen molar-refractivity contribution in [1.29, 1.82) is 0 Å². The summed E-state index contributed by atoms with van der Waals surface area (Å²) in [5.74, 6) is 4.02. The fraction of sp³-hybridized carbons (Fsp3) is 1.00. The second-order valence-corrected chi connectivity index (χ2v) is 9.39. The van der Waals surface area contributed by atoms with Gasteiger partial charge in [0.05, 0.1) is 0 Å². The second-order valence-electron chi connectivity index (χ2n) is 9.39. The molecule has 0 spiro atoms. The standard InChI is InChI=1S/C19H35N3/c1-15(2)10-19(4-5-19)14-22-12-17-16(18(17)13-22)11-21-8-6-20(3)7-9-21/h15-18H,4-14H2,1-3H3. The van der Waals surface area contributed by atoms with Gasteiger partial charge in [0.15, 0.2) is 0 Å². The van der Waals surface area contributed by atoms with Gasteiger partial charge < -0.3 is 14.7 Å². The molecule has 2 saturated carbocycles. The molecule has 22 heavy (non-hydrogen) atoms. The summed E-state index contributed by atoms with van der Waals surface area (Å²) in [6.45, 7) is 15.6. The van der Waals surface area contributed by atoms with Crippen molar-refractivity contribution in [2.45, 2.75) is 33.1 Å². The van der Waals surface area contributed by atoms with E-state index in [9.17, 15) is 0 Å². The quantitative estimate of drug-likeness (QED) is 0.745. The maximum Gasteiger partial charge on any atom is 0.0110 e. The highest BCUT2D eigenvalue weighted by atomic mass is 15.3. The first kappa shape index (κ1) is 15.4. The first-order valence-electron chi connectivity index (χ1n) is 9.68. The maximum atomic E-state index is 2.82. The van der Waals surface area contributed by atoms with Crippen LogP contribution in [0.4, 0.5) is 0 Å². The summed E-state index contributed by atoms with van der Waals surface area (Å²) >= 11 is 0. The predicted molar refractivity (Wildman–Crippen MR) is 92.0 cm³/mol. The third-order valence-electron chi connectivity index (χ3n) is 6.87. The molecule has 0 aromatic rings. The van der Waals surface area contributed by atoms with Gasteiger partial charge >= 0.3 is 0 Å². The normalized spacial score (nSPS) is 38.5. The molecule has 0 amide bonds. The van der Waals surface area contributed by atoms with E-state index in [1.54, 1.807) is 0 Å². The first-order valence-corrected chi connectivity index (χ1v) is 9.68. The molecule has 3 heteroatoms. The van der Waals surface area contributed by atoms with Gasteiger partial charge in [-0.1, -0.05) is 13.8 Å². The molecule has 2 saturated heterocycles. The number of nitrogens with zero attached hydrogens (tertiary/aromatic N) is 3. The number of likely N-dealkylation sites (tertiary alicyclic amines) is 1. The molecule has 4 fully saturated rings. The molecule has 3 nitrogen and oxygen atoms in total. The van der Waals surface area contributed by atoms with Crippen LogP contribution in [0, 0.1) is 29.1 Å². The lowest BCUT2D eigenvalue weighted by molar-refractivity contribution is 0.137. The number of hydrogen-bond donors (Lipinski definition) is 0. The number of fused-ring (bicyclic) bond motifs is 1. The Hall–Kier alpha value is -0.120. The minimum Gasteiger partial charge on any atom is -0.304 e. The van der Waals surface area contributed by atoms with Gasteiger partial charge in [-0.25, -0.2) is 0 Å². The van der Waals surface area contributed by atoms with E-state index in [2.05, 4.69) is 35.6 Å². The van der Waals surface area contributed by atoms with Crippen molar-refractivity contribution in [3.63, 3.8) is 0 Å². The van der Waals surface area contributed by atoms with Gasteiger partial charge in [0, 0.05) is 52.4 Å². The number of rotatable bonds is 6. The van der Waals surface area contributed by atoms with Crippen LogP contribution in [0.15, 0.2) is 0 Å². The molecule has 2 unspecified atom stereocenters. The molecule has 0 radical (unpaired) electrons. The molecule has 0 N–H and O–H groups in total. The average molecular weight is 306 g/mol. The molecule has 2 atom stereocenters. The van der Waals surface area contributed by atoms with Crippen molar-refractivity contribution < 1.29 is 0 Å². The van der Waals surface area contributed by atoms with Gasteiger partial charge in [-0.3, -0.25) is 0 Å². The molecule has 2 aliphatic heterocycles. The van der Waals surface area contributed by atoms with E-state index in [1.807, 2.05) is 0 Å². The van der Waals surface area contributed by atoms with Gasteiger partial charge in [0.1, 0.15) is 0 Å². The molecule has 2 aliphatic carbocycles. The molecule has 2 heterocycles. The molecule has 0 aromatic heterocycles. The Labute approximate surface area is 137 Å². The Morgan fingerprint density at radius 1 is 0.955 bits per heavy atom. The van der Waals surface area contributed by atoms with Gasteiger partial charge in [-0.15, -0.1) is 0 Å². The van der Waals surface area contributed by atoms with Gasteiger partial charge in [-0.2, -0.15) is 0 Å². The zero-order valence-electron chi connectivity index (χ0n) is 14.9. The summed E-state index contributed by atoms with van der Waals surface area (Å²) in [6.07, 6.45) is 4.47. The smallest absolute Gasteiger partial charge is 0.0110 e. The van der Waals surface area contributed by atoms with Gasteiger partial charge in [-0.05, 0) is 55.4 Å². The number of piperidine rings is 1. The van der Waals surface area contributed by atoms with E-state index in [4.69, 9.17) is 0 Å². The van der Waals surface area contributed by atoms with Crippen LogP contribution in [0.25, 0.3) is 0 Å². The van der Waals surface area contributed by atoms with Crippen molar-refractivity contribution >= 4 is 0 Å². The Balaban J connectivity index is 1.19. The van der Waals surface area contributed by atoms with Crippen molar-refractivity contribution in [3.8, 4) is 0 Å². The van der Waals surface area contributed by atoms with Crippen LogP contribution < -0.4 is 0 Å². The van der Waals surface area contributed by atoms with Crippen molar-refractivity contribution in [2.24, 2.45) is 29.1 Å². The Morgan fingerprint density at radius 2 is 1.59 bits per heavy atom. The lowest BCUT2D eigenvalue weighted by Crippen LogP contribution is -2.45. The molecule has 126 valence electrons. The van der Waals surface area contributed by atoms with E-state index < -0.39 is 0 Å². The average Bonchev–Trinajstić information content (AvgIpc) is 3.29. The van der Waals surface area contributed by atoms with E-state index in [-0.39, 0.29) is 0 Å². The summed E-state index contributed by atoms with van der Waals surface area (Å²) in [6, 6.07) is 0. The van der Waals surface area contributed by atoms with Crippen molar-refractivity contribution in [1.82, 2.24) is 14.7 Å². The van der Waals surface area contributed by atoms with Crippen LogP contribution in [0.3, 0.4) is 0 Å². The van der Waals surface area contributed by atoms with Crippen LogP contribution in [-0.2, 0) is 0 Å². The van der Waals surface area contributed by atoms with Crippen LogP contribution >= 0.6 is 0 Å². The van der Waals surface area contributed by atoms with Crippen molar-refractivity contribution in [2.75, 3.05) is 59.4 Å². The fourth-order valence-electron chi connectivity index (χ4n) is 5.41. The topological polar surface area (TPSA) is 9.72 Å². The van der Waals surface area contributed by atoms with Crippen LogP contribution in [0.5, 0.6) is 0 Å². The first-order chi connectivity index (χ1) is 10.5. The fourth-order valence-corrected chi connectivity index (χ4v) is 5.41. The maximum absolute atomic E-state index is 2.82. The summed E-state index contributed by atoms with van der Waals surface area (Å²) in [5.41, 5.74) is 0.734. The highest BCUT2D eigenvalue weighted by Crippen LogP contribution is 2.56.